The highest BCUT2D eigenvalue weighted by Gasteiger charge is 2.24. The summed E-state index contributed by atoms with van der Waals surface area (Å²) >= 11 is 5.90. The molecule has 0 saturated carbocycles. The van der Waals surface area contributed by atoms with Gasteiger partial charge in [0.05, 0.1) is 24.8 Å². The van der Waals surface area contributed by atoms with E-state index < -0.39 is 0 Å². The molecule has 1 aliphatic rings. The van der Waals surface area contributed by atoms with Crippen molar-refractivity contribution in [1.29, 1.82) is 0 Å². The molecule has 1 fully saturated rings. The number of carbonyl (C=O) groups excluding carboxylic acids is 1. The highest BCUT2D eigenvalue weighted by molar-refractivity contribution is 14.1. The van der Waals surface area contributed by atoms with Crippen LogP contribution in [0.25, 0.3) is 16.8 Å². The van der Waals surface area contributed by atoms with Crippen molar-refractivity contribution < 1.29 is 14.3 Å². The number of ether oxygens (including phenoxy) is 2. The molecule has 5 rings (SSSR count). The first-order chi connectivity index (χ1) is 17.5. The summed E-state index contributed by atoms with van der Waals surface area (Å²) in [5.41, 5.74) is 2.83. The quantitative estimate of drug-likeness (QED) is 0.166. The minimum atomic E-state index is -0.159. The third kappa shape index (κ3) is 5.70. The zero-order valence-electron chi connectivity index (χ0n) is 19.1. The lowest BCUT2D eigenvalue weighted by Crippen LogP contribution is -2.19. The number of nitrogens with one attached hydrogen (secondary N) is 1. The molecule has 0 aromatic heterocycles. The van der Waals surface area contributed by atoms with Gasteiger partial charge in [0, 0.05) is 0 Å². The average molecular weight is 718 g/mol. The molecule has 0 atom stereocenters. The summed E-state index contributed by atoms with van der Waals surface area (Å²) in [7, 11) is 1.62. The van der Waals surface area contributed by atoms with Crippen LogP contribution in [-0.4, -0.2) is 18.2 Å². The van der Waals surface area contributed by atoms with Crippen molar-refractivity contribution in [1.82, 2.24) is 5.32 Å². The summed E-state index contributed by atoms with van der Waals surface area (Å²) in [5.74, 6) is 1.45. The van der Waals surface area contributed by atoms with E-state index in [1.807, 2.05) is 54.6 Å². The van der Waals surface area contributed by atoms with Crippen molar-refractivity contribution in [3.63, 3.8) is 0 Å². The lowest BCUT2D eigenvalue weighted by atomic mass is 10.1. The van der Waals surface area contributed by atoms with Crippen LogP contribution in [0.2, 0.25) is 0 Å². The zero-order chi connectivity index (χ0) is 25.1. The van der Waals surface area contributed by atoms with E-state index in [4.69, 9.17) is 9.47 Å². The molecule has 1 heterocycles. The van der Waals surface area contributed by atoms with E-state index >= 15 is 0 Å². The second-order valence-electron chi connectivity index (χ2n) is 7.92. The lowest BCUT2D eigenvalue weighted by molar-refractivity contribution is -0.115. The van der Waals surface area contributed by atoms with Gasteiger partial charge < -0.3 is 14.8 Å². The summed E-state index contributed by atoms with van der Waals surface area (Å²) in [6.45, 7) is 0.483. The van der Waals surface area contributed by atoms with Gasteiger partial charge in [0.2, 0.25) is 0 Å². The van der Waals surface area contributed by atoms with Crippen LogP contribution in [0.4, 0.5) is 5.69 Å². The van der Waals surface area contributed by atoms with E-state index in [1.165, 1.54) is 22.5 Å². The predicted molar refractivity (Wildman–Crippen MR) is 164 cm³/mol. The Kier molecular flexibility index (Phi) is 7.82. The molecule has 0 unspecified atom stereocenters. The Balaban J connectivity index is 1.32. The first-order valence-corrected chi connectivity index (χ1v) is 14.0. The number of carbonyl (C=O) groups is 1. The Morgan fingerprint density at radius 1 is 0.972 bits per heavy atom. The highest BCUT2D eigenvalue weighted by atomic mass is 127. The van der Waals surface area contributed by atoms with Crippen LogP contribution < -0.4 is 14.8 Å². The van der Waals surface area contributed by atoms with Crippen LogP contribution in [0, 0.1) is 7.14 Å². The van der Waals surface area contributed by atoms with Crippen LogP contribution in [0.15, 0.2) is 88.8 Å². The SMILES string of the molecule is COc1ccc(N=C2NC(=O)/C(=C\c3cc(I)c(OCc4cccc5ccccc45)c(I)c3)S2)cc1. The second kappa shape index (κ2) is 11.2. The summed E-state index contributed by atoms with van der Waals surface area (Å²) in [5, 5.41) is 5.79. The molecule has 0 spiro atoms. The van der Waals surface area contributed by atoms with Gasteiger partial charge in [-0.05, 0) is 121 Å². The lowest BCUT2D eigenvalue weighted by Gasteiger charge is -2.13. The fourth-order valence-corrected chi connectivity index (χ4v) is 6.74. The van der Waals surface area contributed by atoms with Gasteiger partial charge >= 0.3 is 0 Å². The van der Waals surface area contributed by atoms with Gasteiger partial charge in [-0.15, -0.1) is 0 Å². The maximum Gasteiger partial charge on any atom is 0.264 e. The largest absolute Gasteiger partial charge is 0.497 e. The predicted octanol–water partition coefficient (Wildman–Crippen LogP) is 7.53. The number of methoxy groups -OCH3 is 1. The fourth-order valence-electron chi connectivity index (χ4n) is 3.77. The van der Waals surface area contributed by atoms with Gasteiger partial charge in [0.1, 0.15) is 18.1 Å². The molecule has 1 aliphatic heterocycles. The number of hydrogen-bond donors (Lipinski definition) is 1. The number of benzene rings is 4. The Morgan fingerprint density at radius 2 is 1.69 bits per heavy atom. The number of hydrogen-bond acceptors (Lipinski definition) is 5. The molecular weight excluding hydrogens is 698 g/mol. The topological polar surface area (TPSA) is 59.9 Å². The van der Waals surface area contributed by atoms with Gasteiger partial charge in [0.25, 0.3) is 5.91 Å². The van der Waals surface area contributed by atoms with Gasteiger partial charge in [-0.2, -0.15) is 0 Å². The van der Waals surface area contributed by atoms with Crippen LogP contribution in [0.3, 0.4) is 0 Å². The third-order valence-corrected chi connectivity index (χ3v) is 8.04. The standard InChI is InChI=1S/C28H20I2N2O3S/c1-34-21-11-9-20(10-12-21)31-28-32-27(33)25(36-28)15-17-13-23(29)26(24(30)14-17)35-16-19-7-4-6-18-5-2-3-8-22(18)19/h2-15H,16H2,1H3,(H,31,32,33)/b25-15+. The number of amidine groups is 1. The van der Waals surface area contributed by atoms with Gasteiger partial charge in [-0.1, -0.05) is 42.5 Å². The molecule has 4 aromatic carbocycles. The maximum atomic E-state index is 12.6. The number of fused-ring (bicyclic) bond motifs is 1. The molecule has 180 valence electrons. The van der Waals surface area contributed by atoms with Gasteiger partial charge in [-0.25, -0.2) is 4.99 Å². The number of halogens is 2. The van der Waals surface area contributed by atoms with Gasteiger partial charge in [0.15, 0.2) is 5.17 Å². The minimum absolute atomic E-state index is 0.159. The molecule has 5 nitrogen and oxygen atoms in total. The van der Waals surface area contributed by atoms with E-state index in [0.29, 0.717) is 16.7 Å². The molecule has 1 saturated heterocycles. The van der Waals surface area contributed by atoms with Crippen molar-refractivity contribution in [2.24, 2.45) is 4.99 Å². The van der Waals surface area contributed by atoms with Crippen LogP contribution in [-0.2, 0) is 11.4 Å². The first-order valence-electron chi connectivity index (χ1n) is 11.0. The summed E-state index contributed by atoms with van der Waals surface area (Å²) in [4.78, 5) is 17.7. The minimum Gasteiger partial charge on any atom is -0.497 e. The Morgan fingerprint density at radius 3 is 2.44 bits per heavy atom. The van der Waals surface area contributed by atoms with Crippen molar-refractivity contribution in [2.75, 3.05) is 7.11 Å². The smallest absolute Gasteiger partial charge is 0.264 e. The number of nitrogens with zero attached hydrogens (tertiary/aromatic N) is 1. The molecule has 0 aliphatic carbocycles. The molecule has 8 heteroatoms. The number of aliphatic imine (C=N–C) groups is 1. The Labute approximate surface area is 240 Å². The van der Waals surface area contributed by atoms with Crippen molar-refractivity contribution in [2.45, 2.75) is 6.61 Å². The normalized spacial score (nSPS) is 15.5. The summed E-state index contributed by atoms with van der Waals surface area (Å²) in [6, 6.07) is 26.0. The molecular formula is C28H20I2N2O3S. The molecule has 0 bridgehead atoms. The van der Waals surface area contributed by atoms with E-state index in [-0.39, 0.29) is 5.91 Å². The molecule has 4 aromatic rings. The zero-order valence-corrected chi connectivity index (χ0v) is 24.3. The van der Waals surface area contributed by atoms with Crippen LogP contribution >= 0.6 is 56.9 Å². The second-order valence-corrected chi connectivity index (χ2v) is 11.3. The average Bonchev–Trinajstić information content (AvgIpc) is 3.22. The van der Waals surface area contributed by atoms with Crippen molar-refractivity contribution in [3.8, 4) is 11.5 Å². The molecule has 1 amide bonds. The van der Waals surface area contributed by atoms with E-state index in [9.17, 15) is 4.79 Å². The number of amides is 1. The first kappa shape index (κ1) is 25.1. The van der Waals surface area contributed by atoms with E-state index in [2.05, 4.69) is 85.8 Å². The summed E-state index contributed by atoms with van der Waals surface area (Å²) in [6.07, 6.45) is 1.88. The summed E-state index contributed by atoms with van der Waals surface area (Å²) < 4.78 is 13.4. The Bertz CT molecular complexity index is 1490. The maximum absolute atomic E-state index is 12.6. The molecule has 36 heavy (non-hydrogen) atoms. The molecule has 0 radical (unpaired) electrons. The van der Waals surface area contributed by atoms with E-state index in [1.54, 1.807) is 7.11 Å². The molecule has 1 N–H and O–H groups in total. The fraction of sp³-hybridized carbons (Fsp3) is 0.0714. The highest BCUT2D eigenvalue weighted by Crippen LogP contribution is 2.33. The van der Waals surface area contributed by atoms with Crippen molar-refractivity contribution >= 4 is 90.6 Å². The van der Waals surface area contributed by atoms with Crippen LogP contribution in [0.5, 0.6) is 11.5 Å². The van der Waals surface area contributed by atoms with Crippen LogP contribution in [0.1, 0.15) is 11.1 Å². The van der Waals surface area contributed by atoms with Crippen molar-refractivity contribution in [3.05, 3.63) is 102 Å². The number of rotatable bonds is 6. The Hall–Kier alpha value is -2.57. The monoisotopic (exact) mass is 718 g/mol. The third-order valence-electron chi connectivity index (χ3n) is 5.52. The van der Waals surface area contributed by atoms with E-state index in [0.717, 1.165) is 35.5 Å². The van der Waals surface area contributed by atoms with Gasteiger partial charge in [-0.3, -0.25) is 4.79 Å². The number of thioether (sulfide) groups is 1.